The van der Waals surface area contributed by atoms with Crippen molar-refractivity contribution in [2.75, 3.05) is 6.54 Å². The fraction of sp³-hybridized carbons (Fsp3) is 0.947. The van der Waals surface area contributed by atoms with E-state index in [0.29, 0.717) is 12.0 Å². The summed E-state index contributed by atoms with van der Waals surface area (Å²) in [6.45, 7) is 3.58. The van der Waals surface area contributed by atoms with E-state index in [1.54, 1.807) is 0 Å². The zero-order chi connectivity index (χ0) is 14.7. The predicted molar refractivity (Wildman–Crippen MR) is 86.8 cm³/mol. The van der Waals surface area contributed by atoms with E-state index < -0.39 is 0 Å². The van der Waals surface area contributed by atoms with Crippen molar-refractivity contribution in [3.05, 3.63) is 0 Å². The Hall–Kier alpha value is -0.550. The molecule has 2 nitrogen and oxygen atoms in total. The first-order valence-electron chi connectivity index (χ1n) is 9.48. The van der Waals surface area contributed by atoms with Crippen molar-refractivity contribution in [2.45, 2.75) is 89.6 Å². The van der Waals surface area contributed by atoms with E-state index in [9.17, 15) is 5.26 Å². The molecule has 0 amide bonds. The maximum absolute atomic E-state index is 9.63. The van der Waals surface area contributed by atoms with Crippen LogP contribution in [-0.4, -0.2) is 23.5 Å². The second kappa shape index (κ2) is 7.14. The summed E-state index contributed by atoms with van der Waals surface area (Å²) in [5, 5.41) is 9.63. The normalized spacial score (nSPS) is 41.2. The van der Waals surface area contributed by atoms with Gasteiger partial charge in [0.15, 0.2) is 0 Å². The molecule has 3 aliphatic rings. The summed E-state index contributed by atoms with van der Waals surface area (Å²) in [6, 6.07) is 4.06. The number of hydrogen-bond acceptors (Lipinski definition) is 2. The minimum atomic E-state index is 0.304. The number of likely N-dealkylation sites (tertiary alicyclic amines) is 1. The average molecular weight is 288 g/mol. The van der Waals surface area contributed by atoms with Crippen molar-refractivity contribution in [2.24, 2.45) is 17.8 Å². The Bertz CT molecular complexity index is 370. The van der Waals surface area contributed by atoms with Crippen molar-refractivity contribution in [1.82, 2.24) is 4.90 Å². The fourth-order valence-electron chi connectivity index (χ4n) is 5.49. The van der Waals surface area contributed by atoms with E-state index in [2.05, 4.69) is 17.9 Å². The lowest BCUT2D eigenvalue weighted by molar-refractivity contribution is -0.00922. The van der Waals surface area contributed by atoms with Crippen LogP contribution in [0.25, 0.3) is 0 Å². The number of fused-ring (bicyclic) bond motifs is 1. The largest absolute Gasteiger partial charge is 0.296 e. The highest BCUT2D eigenvalue weighted by molar-refractivity contribution is 5.01. The standard InChI is InChI=1S/C19H32N2/c1-2-6-15-10-11-17(14-20)19(13-15)21-12-5-8-16-7-3-4-9-18(16)21/h15-19H,2-13H2,1H3. The van der Waals surface area contributed by atoms with Gasteiger partial charge in [-0.2, -0.15) is 5.26 Å². The van der Waals surface area contributed by atoms with Crippen LogP contribution in [0.5, 0.6) is 0 Å². The Labute approximate surface area is 130 Å². The van der Waals surface area contributed by atoms with Gasteiger partial charge in [-0.1, -0.05) is 32.6 Å². The topological polar surface area (TPSA) is 27.0 Å². The molecule has 0 N–H and O–H groups in total. The van der Waals surface area contributed by atoms with Crippen LogP contribution in [-0.2, 0) is 0 Å². The highest BCUT2D eigenvalue weighted by Gasteiger charge is 2.41. The molecule has 0 spiro atoms. The molecule has 0 aromatic carbocycles. The smallest absolute Gasteiger partial charge is 0.0672 e. The van der Waals surface area contributed by atoms with Gasteiger partial charge in [-0.15, -0.1) is 0 Å². The van der Waals surface area contributed by atoms with Crippen LogP contribution in [0.15, 0.2) is 0 Å². The number of piperidine rings is 1. The molecule has 2 saturated carbocycles. The van der Waals surface area contributed by atoms with Crippen molar-refractivity contribution in [3.63, 3.8) is 0 Å². The Morgan fingerprint density at radius 1 is 1.00 bits per heavy atom. The maximum atomic E-state index is 9.63. The third kappa shape index (κ3) is 3.29. The predicted octanol–water partition coefficient (Wildman–Crippen LogP) is 4.75. The van der Waals surface area contributed by atoms with Gasteiger partial charge < -0.3 is 0 Å². The van der Waals surface area contributed by atoms with Gasteiger partial charge in [0.2, 0.25) is 0 Å². The second-order valence-electron chi connectivity index (χ2n) is 7.76. The van der Waals surface area contributed by atoms with Gasteiger partial charge in [-0.3, -0.25) is 4.90 Å². The molecule has 0 aromatic heterocycles. The number of rotatable bonds is 3. The lowest BCUT2D eigenvalue weighted by atomic mass is 9.72. The van der Waals surface area contributed by atoms with Gasteiger partial charge in [0.25, 0.3) is 0 Å². The first-order valence-corrected chi connectivity index (χ1v) is 9.48. The highest BCUT2D eigenvalue weighted by Crippen LogP contribution is 2.41. The monoisotopic (exact) mass is 288 g/mol. The van der Waals surface area contributed by atoms with Gasteiger partial charge in [0.05, 0.1) is 12.0 Å². The quantitative estimate of drug-likeness (QED) is 0.749. The van der Waals surface area contributed by atoms with Crippen molar-refractivity contribution in [3.8, 4) is 6.07 Å². The molecule has 1 saturated heterocycles. The van der Waals surface area contributed by atoms with Gasteiger partial charge in [-0.25, -0.2) is 0 Å². The van der Waals surface area contributed by atoms with E-state index in [1.807, 2.05) is 0 Å². The molecule has 5 unspecified atom stereocenters. The van der Waals surface area contributed by atoms with Crippen molar-refractivity contribution >= 4 is 0 Å². The van der Waals surface area contributed by atoms with Gasteiger partial charge in [0, 0.05) is 12.1 Å². The Morgan fingerprint density at radius 3 is 2.62 bits per heavy atom. The summed E-state index contributed by atoms with van der Waals surface area (Å²) in [5.41, 5.74) is 0. The van der Waals surface area contributed by atoms with E-state index in [0.717, 1.165) is 24.3 Å². The van der Waals surface area contributed by atoms with Gasteiger partial charge >= 0.3 is 0 Å². The molecule has 1 aliphatic heterocycles. The second-order valence-corrected chi connectivity index (χ2v) is 7.76. The number of hydrogen-bond donors (Lipinski definition) is 0. The molecule has 0 aromatic rings. The molecule has 2 aliphatic carbocycles. The van der Waals surface area contributed by atoms with E-state index in [-0.39, 0.29) is 0 Å². The lowest BCUT2D eigenvalue weighted by Gasteiger charge is -2.50. The van der Waals surface area contributed by atoms with Gasteiger partial charge in [-0.05, 0) is 63.3 Å². The Balaban J connectivity index is 1.73. The first kappa shape index (κ1) is 15.3. The Kier molecular flexibility index (Phi) is 5.22. The SMILES string of the molecule is CCCC1CCC(C#N)C(N2CCCC3CCCCC32)C1. The molecular formula is C19H32N2. The minimum absolute atomic E-state index is 0.304. The zero-order valence-electron chi connectivity index (χ0n) is 13.8. The van der Waals surface area contributed by atoms with Crippen LogP contribution in [0.3, 0.4) is 0 Å². The average Bonchev–Trinajstić information content (AvgIpc) is 2.54. The first-order chi connectivity index (χ1) is 10.3. The van der Waals surface area contributed by atoms with Crippen LogP contribution in [0.4, 0.5) is 0 Å². The molecule has 0 radical (unpaired) electrons. The molecule has 0 bridgehead atoms. The highest BCUT2D eigenvalue weighted by atomic mass is 15.2. The summed E-state index contributed by atoms with van der Waals surface area (Å²) in [5.74, 6) is 2.13. The summed E-state index contributed by atoms with van der Waals surface area (Å²) in [4.78, 5) is 2.82. The van der Waals surface area contributed by atoms with E-state index in [1.165, 1.54) is 70.8 Å². The van der Waals surface area contributed by atoms with Crippen LogP contribution in [0, 0.1) is 29.1 Å². The number of nitriles is 1. The summed E-state index contributed by atoms with van der Waals surface area (Å²) in [6.07, 6.45) is 15.0. The van der Waals surface area contributed by atoms with Gasteiger partial charge in [0.1, 0.15) is 0 Å². The van der Waals surface area contributed by atoms with E-state index >= 15 is 0 Å². The van der Waals surface area contributed by atoms with Crippen LogP contribution in [0.1, 0.15) is 77.6 Å². The molecular weight excluding hydrogens is 256 g/mol. The van der Waals surface area contributed by atoms with Crippen molar-refractivity contribution < 1.29 is 0 Å². The Morgan fingerprint density at radius 2 is 1.81 bits per heavy atom. The summed E-state index contributed by atoms with van der Waals surface area (Å²) in [7, 11) is 0. The molecule has 21 heavy (non-hydrogen) atoms. The molecule has 3 fully saturated rings. The third-order valence-corrected chi connectivity index (χ3v) is 6.50. The van der Waals surface area contributed by atoms with Crippen molar-refractivity contribution in [1.29, 1.82) is 5.26 Å². The fourth-order valence-corrected chi connectivity index (χ4v) is 5.49. The van der Waals surface area contributed by atoms with Crippen LogP contribution >= 0.6 is 0 Å². The molecule has 3 rings (SSSR count). The maximum Gasteiger partial charge on any atom is 0.0672 e. The summed E-state index contributed by atoms with van der Waals surface area (Å²) >= 11 is 0. The molecule has 1 heterocycles. The summed E-state index contributed by atoms with van der Waals surface area (Å²) < 4.78 is 0. The molecule has 5 atom stereocenters. The van der Waals surface area contributed by atoms with Crippen LogP contribution in [0.2, 0.25) is 0 Å². The zero-order valence-corrected chi connectivity index (χ0v) is 13.8. The third-order valence-electron chi connectivity index (χ3n) is 6.50. The molecule has 2 heteroatoms. The number of nitrogens with zero attached hydrogens (tertiary/aromatic N) is 2. The van der Waals surface area contributed by atoms with E-state index in [4.69, 9.17) is 0 Å². The molecule has 118 valence electrons. The van der Waals surface area contributed by atoms with Crippen LogP contribution < -0.4 is 0 Å². The lowest BCUT2D eigenvalue weighted by Crippen LogP contribution is -2.55. The minimum Gasteiger partial charge on any atom is -0.296 e.